The van der Waals surface area contributed by atoms with Crippen molar-refractivity contribution in [2.75, 3.05) is 13.1 Å². The van der Waals surface area contributed by atoms with Crippen molar-refractivity contribution in [3.63, 3.8) is 0 Å². The molecular weight excluding hydrogens is 274 g/mol. The lowest BCUT2D eigenvalue weighted by Gasteiger charge is -2.21. The number of rotatable bonds is 3. The van der Waals surface area contributed by atoms with Crippen molar-refractivity contribution in [3.8, 4) is 11.5 Å². The molecule has 0 saturated carbocycles. The summed E-state index contributed by atoms with van der Waals surface area (Å²) in [6.07, 6.45) is 4.61. The van der Waals surface area contributed by atoms with E-state index in [1.54, 1.807) is 0 Å². The van der Waals surface area contributed by atoms with E-state index in [1.165, 1.54) is 12.8 Å². The zero-order chi connectivity index (χ0) is 15.2. The Morgan fingerprint density at radius 2 is 1.45 bits per heavy atom. The highest BCUT2D eigenvalue weighted by molar-refractivity contribution is 5.97. The summed E-state index contributed by atoms with van der Waals surface area (Å²) in [6.45, 7) is 1.69. The molecular formula is C19H21NO2. The Balaban J connectivity index is 1.82. The summed E-state index contributed by atoms with van der Waals surface area (Å²) >= 11 is 0. The van der Waals surface area contributed by atoms with Gasteiger partial charge >= 0.3 is 0 Å². The van der Waals surface area contributed by atoms with E-state index in [0.29, 0.717) is 11.3 Å². The number of likely N-dealkylation sites (tertiary alicyclic amines) is 1. The highest BCUT2D eigenvalue weighted by Crippen LogP contribution is 2.26. The largest absolute Gasteiger partial charge is 0.457 e. The third-order valence-electron chi connectivity index (χ3n) is 3.98. The topological polar surface area (TPSA) is 29.5 Å². The van der Waals surface area contributed by atoms with Gasteiger partial charge in [-0.3, -0.25) is 4.79 Å². The predicted octanol–water partition coefficient (Wildman–Crippen LogP) is 4.50. The molecule has 1 amide bonds. The molecule has 1 heterocycles. The number of carbonyl (C=O) groups is 1. The molecule has 0 radical (unpaired) electrons. The molecule has 0 atom stereocenters. The normalized spacial score (nSPS) is 15.2. The van der Waals surface area contributed by atoms with Crippen LogP contribution in [0.15, 0.2) is 54.6 Å². The average molecular weight is 295 g/mol. The predicted molar refractivity (Wildman–Crippen MR) is 87.3 cm³/mol. The Kier molecular flexibility index (Phi) is 4.74. The van der Waals surface area contributed by atoms with Gasteiger partial charge in [-0.05, 0) is 37.1 Å². The fourth-order valence-corrected chi connectivity index (χ4v) is 2.79. The fourth-order valence-electron chi connectivity index (χ4n) is 2.79. The van der Waals surface area contributed by atoms with Gasteiger partial charge in [0.25, 0.3) is 5.91 Å². The Bertz CT molecular complexity index is 616. The van der Waals surface area contributed by atoms with Gasteiger partial charge in [0, 0.05) is 13.1 Å². The van der Waals surface area contributed by atoms with Crippen molar-refractivity contribution < 1.29 is 9.53 Å². The van der Waals surface area contributed by atoms with E-state index in [0.717, 1.165) is 31.7 Å². The van der Waals surface area contributed by atoms with Crippen molar-refractivity contribution in [3.05, 3.63) is 60.2 Å². The Morgan fingerprint density at radius 3 is 2.18 bits per heavy atom. The monoisotopic (exact) mass is 295 g/mol. The second-order valence-corrected chi connectivity index (χ2v) is 5.62. The van der Waals surface area contributed by atoms with Crippen LogP contribution in [-0.2, 0) is 0 Å². The molecule has 3 heteroatoms. The van der Waals surface area contributed by atoms with Crippen LogP contribution in [0.4, 0.5) is 0 Å². The van der Waals surface area contributed by atoms with Gasteiger partial charge in [-0.1, -0.05) is 43.2 Å². The summed E-state index contributed by atoms with van der Waals surface area (Å²) in [6, 6.07) is 17.1. The van der Waals surface area contributed by atoms with E-state index in [2.05, 4.69) is 0 Å². The SMILES string of the molecule is O=C(c1ccccc1Oc1ccccc1)N1CCCCCC1. The minimum atomic E-state index is 0.0773. The lowest BCUT2D eigenvalue weighted by molar-refractivity contribution is 0.0759. The van der Waals surface area contributed by atoms with Gasteiger partial charge in [0.15, 0.2) is 0 Å². The summed E-state index contributed by atoms with van der Waals surface area (Å²) < 4.78 is 5.91. The zero-order valence-electron chi connectivity index (χ0n) is 12.7. The number of nitrogens with zero attached hydrogens (tertiary/aromatic N) is 1. The van der Waals surface area contributed by atoms with E-state index >= 15 is 0 Å². The third kappa shape index (κ3) is 3.48. The maximum atomic E-state index is 12.8. The standard InChI is InChI=1S/C19H21NO2/c21-19(20-14-8-1-2-9-15-20)17-12-6-7-13-18(17)22-16-10-4-3-5-11-16/h3-7,10-13H,1-2,8-9,14-15H2. The molecule has 1 fully saturated rings. The van der Waals surface area contributed by atoms with Crippen LogP contribution in [0.5, 0.6) is 11.5 Å². The third-order valence-corrected chi connectivity index (χ3v) is 3.98. The van der Waals surface area contributed by atoms with Crippen molar-refractivity contribution in [1.82, 2.24) is 4.90 Å². The van der Waals surface area contributed by atoms with Crippen molar-refractivity contribution in [2.24, 2.45) is 0 Å². The molecule has 0 aromatic heterocycles. The van der Waals surface area contributed by atoms with Crippen LogP contribution >= 0.6 is 0 Å². The molecule has 22 heavy (non-hydrogen) atoms. The van der Waals surface area contributed by atoms with Crippen LogP contribution in [0.2, 0.25) is 0 Å². The Morgan fingerprint density at radius 1 is 0.818 bits per heavy atom. The van der Waals surface area contributed by atoms with E-state index in [1.807, 2.05) is 59.5 Å². The first kappa shape index (κ1) is 14.6. The maximum absolute atomic E-state index is 12.8. The molecule has 2 aromatic rings. The lowest BCUT2D eigenvalue weighted by atomic mass is 10.1. The number of carbonyl (C=O) groups excluding carboxylic acids is 1. The number of ether oxygens (including phenoxy) is 1. The maximum Gasteiger partial charge on any atom is 0.257 e. The van der Waals surface area contributed by atoms with Crippen LogP contribution in [0.1, 0.15) is 36.0 Å². The minimum absolute atomic E-state index is 0.0773. The summed E-state index contributed by atoms with van der Waals surface area (Å²) in [5.74, 6) is 1.45. The molecule has 1 aliphatic heterocycles. The highest BCUT2D eigenvalue weighted by Gasteiger charge is 2.20. The second-order valence-electron chi connectivity index (χ2n) is 5.62. The molecule has 3 nitrogen and oxygen atoms in total. The Hall–Kier alpha value is -2.29. The minimum Gasteiger partial charge on any atom is -0.457 e. The number of para-hydroxylation sites is 2. The van der Waals surface area contributed by atoms with Gasteiger partial charge in [-0.15, -0.1) is 0 Å². The molecule has 2 aromatic carbocycles. The highest BCUT2D eigenvalue weighted by atomic mass is 16.5. The Labute approximate surface area is 131 Å². The van der Waals surface area contributed by atoms with Gasteiger partial charge in [0.2, 0.25) is 0 Å². The quantitative estimate of drug-likeness (QED) is 0.834. The van der Waals surface area contributed by atoms with Gasteiger partial charge < -0.3 is 9.64 Å². The van der Waals surface area contributed by atoms with Gasteiger partial charge in [-0.25, -0.2) is 0 Å². The first-order valence-electron chi connectivity index (χ1n) is 7.96. The van der Waals surface area contributed by atoms with Crippen molar-refractivity contribution in [1.29, 1.82) is 0 Å². The zero-order valence-corrected chi connectivity index (χ0v) is 12.7. The van der Waals surface area contributed by atoms with E-state index < -0.39 is 0 Å². The molecule has 0 bridgehead atoms. The van der Waals surface area contributed by atoms with Gasteiger partial charge in [-0.2, -0.15) is 0 Å². The molecule has 3 rings (SSSR count). The smallest absolute Gasteiger partial charge is 0.257 e. The number of benzene rings is 2. The van der Waals surface area contributed by atoms with Gasteiger partial charge in [0.05, 0.1) is 5.56 Å². The molecule has 0 aliphatic carbocycles. The van der Waals surface area contributed by atoms with Crippen molar-refractivity contribution >= 4 is 5.91 Å². The van der Waals surface area contributed by atoms with Crippen LogP contribution in [0.3, 0.4) is 0 Å². The summed E-state index contributed by atoms with van der Waals surface area (Å²) in [5.41, 5.74) is 0.647. The van der Waals surface area contributed by atoms with Crippen LogP contribution in [0.25, 0.3) is 0 Å². The number of amides is 1. The summed E-state index contributed by atoms with van der Waals surface area (Å²) in [5, 5.41) is 0. The summed E-state index contributed by atoms with van der Waals surface area (Å²) in [4.78, 5) is 14.8. The first-order chi connectivity index (χ1) is 10.8. The van der Waals surface area contributed by atoms with Crippen LogP contribution in [-0.4, -0.2) is 23.9 Å². The number of hydrogen-bond acceptors (Lipinski definition) is 2. The van der Waals surface area contributed by atoms with Gasteiger partial charge in [0.1, 0.15) is 11.5 Å². The average Bonchev–Trinajstić information content (AvgIpc) is 2.85. The molecule has 1 saturated heterocycles. The number of hydrogen-bond donors (Lipinski definition) is 0. The van der Waals surface area contributed by atoms with Crippen molar-refractivity contribution in [2.45, 2.75) is 25.7 Å². The molecule has 0 spiro atoms. The van der Waals surface area contributed by atoms with Crippen LogP contribution in [0, 0.1) is 0 Å². The molecule has 114 valence electrons. The molecule has 0 N–H and O–H groups in total. The van der Waals surface area contributed by atoms with Crippen LogP contribution < -0.4 is 4.74 Å². The summed E-state index contributed by atoms with van der Waals surface area (Å²) in [7, 11) is 0. The fraction of sp³-hybridized carbons (Fsp3) is 0.316. The van der Waals surface area contributed by atoms with E-state index in [4.69, 9.17) is 4.74 Å². The molecule has 1 aliphatic rings. The first-order valence-corrected chi connectivity index (χ1v) is 7.96. The van der Waals surface area contributed by atoms with E-state index in [-0.39, 0.29) is 5.91 Å². The second kappa shape index (κ2) is 7.12. The molecule has 0 unspecified atom stereocenters. The van der Waals surface area contributed by atoms with E-state index in [9.17, 15) is 4.79 Å². The lowest BCUT2D eigenvalue weighted by Crippen LogP contribution is -2.32.